The lowest BCUT2D eigenvalue weighted by Crippen LogP contribution is -1.83. The van der Waals surface area contributed by atoms with Crippen molar-refractivity contribution in [3.05, 3.63) is 33.5 Å². The Morgan fingerprint density at radius 2 is 2.08 bits per heavy atom. The summed E-state index contributed by atoms with van der Waals surface area (Å²) >= 11 is 6.73. The number of pyridine rings is 2. The summed E-state index contributed by atoms with van der Waals surface area (Å²) in [6.07, 6.45) is 1.75. The molecule has 0 aliphatic heterocycles. The van der Waals surface area contributed by atoms with Gasteiger partial charge in [0.25, 0.3) is 0 Å². The smallest absolute Gasteiger partial charge is 0.108 e. The summed E-state index contributed by atoms with van der Waals surface area (Å²) < 4.78 is 1.77. The summed E-state index contributed by atoms with van der Waals surface area (Å²) in [7, 11) is 0. The summed E-state index contributed by atoms with van der Waals surface area (Å²) in [6, 6.07) is 5.68. The first-order chi connectivity index (χ1) is 5.77. The highest BCUT2D eigenvalue weighted by atomic mass is 79.9. The topological polar surface area (TPSA) is 25.8 Å². The predicted molar refractivity (Wildman–Crippen MR) is 54.9 cm³/mol. The average Bonchev–Trinajstić information content (AvgIpc) is 2.04. The standard InChI is InChI=1S/C8H4Br2N2/c9-5-4-7(10)12-6-2-1-3-11-8(5)6/h1-4H. The molecule has 4 heteroatoms. The monoisotopic (exact) mass is 286 g/mol. The van der Waals surface area contributed by atoms with E-state index in [2.05, 4.69) is 41.8 Å². The number of fused-ring (bicyclic) bond motifs is 1. The van der Waals surface area contributed by atoms with E-state index in [0.29, 0.717) is 0 Å². The summed E-state index contributed by atoms with van der Waals surface area (Å²) in [5.74, 6) is 0. The SMILES string of the molecule is Brc1cc(Br)c2ncccc2n1. The highest BCUT2D eigenvalue weighted by Gasteiger charge is 2.01. The molecule has 0 spiro atoms. The second kappa shape index (κ2) is 3.11. The van der Waals surface area contributed by atoms with Crippen LogP contribution in [-0.4, -0.2) is 9.97 Å². The highest BCUT2D eigenvalue weighted by Crippen LogP contribution is 2.23. The molecule has 0 amide bonds. The molecule has 2 heterocycles. The zero-order valence-corrected chi connectivity index (χ0v) is 9.13. The van der Waals surface area contributed by atoms with Gasteiger partial charge in [0.15, 0.2) is 0 Å². The van der Waals surface area contributed by atoms with Crippen LogP contribution >= 0.6 is 31.9 Å². The Kier molecular flexibility index (Phi) is 2.11. The quantitative estimate of drug-likeness (QED) is 0.696. The first-order valence-electron chi connectivity index (χ1n) is 3.34. The van der Waals surface area contributed by atoms with Crippen LogP contribution in [0.5, 0.6) is 0 Å². The van der Waals surface area contributed by atoms with Gasteiger partial charge in [-0.1, -0.05) is 0 Å². The van der Waals surface area contributed by atoms with E-state index in [1.54, 1.807) is 6.20 Å². The van der Waals surface area contributed by atoms with Crippen molar-refractivity contribution in [3.63, 3.8) is 0 Å². The number of hydrogen-bond acceptors (Lipinski definition) is 2. The maximum atomic E-state index is 4.26. The van der Waals surface area contributed by atoms with E-state index in [9.17, 15) is 0 Å². The second-order valence-corrected chi connectivity index (χ2v) is 3.96. The molecular formula is C8H4Br2N2. The summed E-state index contributed by atoms with van der Waals surface area (Å²) in [4.78, 5) is 8.45. The molecule has 2 rings (SSSR count). The van der Waals surface area contributed by atoms with E-state index in [1.807, 2.05) is 18.2 Å². The fraction of sp³-hybridized carbons (Fsp3) is 0. The molecule has 0 bridgehead atoms. The van der Waals surface area contributed by atoms with Gasteiger partial charge in [-0.25, -0.2) is 4.98 Å². The molecule has 2 aromatic rings. The van der Waals surface area contributed by atoms with Crippen molar-refractivity contribution in [2.75, 3.05) is 0 Å². The number of nitrogens with zero attached hydrogens (tertiary/aromatic N) is 2. The third-order valence-corrected chi connectivity index (χ3v) is 2.50. The zero-order valence-electron chi connectivity index (χ0n) is 5.96. The summed E-state index contributed by atoms with van der Waals surface area (Å²) in [6.45, 7) is 0. The van der Waals surface area contributed by atoms with E-state index in [1.165, 1.54) is 0 Å². The van der Waals surface area contributed by atoms with Crippen molar-refractivity contribution in [1.29, 1.82) is 0 Å². The van der Waals surface area contributed by atoms with Gasteiger partial charge in [0, 0.05) is 10.7 Å². The van der Waals surface area contributed by atoms with Crippen molar-refractivity contribution in [1.82, 2.24) is 9.97 Å². The van der Waals surface area contributed by atoms with E-state index < -0.39 is 0 Å². The molecule has 0 fully saturated rings. The van der Waals surface area contributed by atoms with E-state index in [-0.39, 0.29) is 0 Å². The minimum atomic E-state index is 0.815. The minimum absolute atomic E-state index is 0.815. The van der Waals surface area contributed by atoms with Gasteiger partial charge in [0.1, 0.15) is 10.1 Å². The highest BCUT2D eigenvalue weighted by molar-refractivity contribution is 9.11. The number of aromatic nitrogens is 2. The summed E-state index contributed by atoms with van der Waals surface area (Å²) in [5, 5.41) is 0. The van der Waals surface area contributed by atoms with Crippen molar-refractivity contribution >= 4 is 42.9 Å². The van der Waals surface area contributed by atoms with Crippen LogP contribution in [0.2, 0.25) is 0 Å². The molecule has 60 valence electrons. The summed E-state index contributed by atoms with van der Waals surface area (Å²) in [5.41, 5.74) is 1.78. The largest absolute Gasteiger partial charge is 0.253 e. The Labute approximate surface area is 86.3 Å². The first-order valence-corrected chi connectivity index (χ1v) is 4.93. The van der Waals surface area contributed by atoms with Crippen molar-refractivity contribution < 1.29 is 0 Å². The predicted octanol–water partition coefficient (Wildman–Crippen LogP) is 3.15. The number of halogens is 2. The second-order valence-electron chi connectivity index (χ2n) is 2.30. The van der Waals surface area contributed by atoms with Gasteiger partial charge in [-0.15, -0.1) is 0 Å². The van der Waals surface area contributed by atoms with Crippen molar-refractivity contribution in [2.24, 2.45) is 0 Å². The number of hydrogen-bond donors (Lipinski definition) is 0. The molecule has 12 heavy (non-hydrogen) atoms. The van der Waals surface area contributed by atoms with Crippen LogP contribution in [0.1, 0.15) is 0 Å². The van der Waals surface area contributed by atoms with Crippen LogP contribution in [0.3, 0.4) is 0 Å². The lowest BCUT2D eigenvalue weighted by atomic mass is 10.3. The van der Waals surface area contributed by atoms with Crippen LogP contribution < -0.4 is 0 Å². The molecule has 0 N–H and O–H groups in total. The Bertz CT molecular complexity index is 428. The molecule has 0 saturated carbocycles. The molecular weight excluding hydrogens is 284 g/mol. The lowest BCUT2D eigenvalue weighted by molar-refractivity contribution is 1.29. The molecule has 0 aromatic carbocycles. The van der Waals surface area contributed by atoms with E-state index in [4.69, 9.17) is 0 Å². The van der Waals surface area contributed by atoms with Gasteiger partial charge in [-0.2, -0.15) is 0 Å². The molecule has 0 aliphatic carbocycles. The third kappa shape index (κ3) is 1.36. The average molecular weight is 288 g/mol. The van der Waals surface area contributed by atoms with Crippen molar-refractivity contribution in [3.8, 4) is 0 Å². The molecule has 0 saturated heterocycles. The number of rotatable bonds is 0. The van der Waals surface area contributed by atoms with Gasteiger partial charge in [0.2, 0.25) is 0 Å². The fourth-order valence-corrected chi connectivity index (χ4v) is 2.24. The van der Waals surface area contributed by atoms with Gasteiger partial charge >= 0.3 is 0 Å². The van der Waals surface area contributed by atoms with E-state index in [0.717, 1.165) is 20.1 Å². The molecule has 2 aromatic heterocycles. The van der Waals surface area contributed by atoms with Gasteiger partial charge in [0.05, 0.1) is 5.52 Å². The lowest BCUT2D eigenvalue weighted by Gasteiger charge is -1.98. The molecule has 0 aliphatic rings. The molecule has 0 radical (unpaired) electrons. The van der Waals surface area contributed by atoms with E-state index >= 15 is 0 Å². The van der Waals surface area contributed by atoms with Gasteiger partial charge in [-0.3, -0.25) is 4.98 Å². The Balaban J connectivity index is 2.89. The zero-order chi connectivity index (χ0) is 8.55. The Morgan fingerprint density at radius 1 is 1.25 bits per heavy atom. The minimum Gasteiger partial charge on any atom is -0.253 e. The van der Waals surface area contributed by atoms with Gasteiger partial charge < -0.3 is 0 Å². The third-order valence-electron chi connectivity index (χ3n) is 1.49. The molecule has 0 atom stereocenters. The molecule has 0 unspecified atom stereocenters. The normalized spacial score (nSPS) is 10.5. The van der Waals surface area contributed by atoms with Crippen molar-refractivity contribution in [2.45, 2.75) is 0 Å². The fourth-order valence-electron chi connectivity index (χ4n) is 0.991. The van der Waals surface area contributed by atoms with Crippen LogP contribution in [0.4, 0.5) is 0 Å². The van der Waals surface area contributed by atoms with Crippen LogP contribution in [-0.2, 0) is 0 Å². The Hall–Kier alpha value is -0.480. The van der Waals surface area contributed by atoms with Crippen LogP contribution in [0, 0.1) is 0 Å². The maximum Gasteiger partial charge on any atom is 0.108 e. The first kappa shape index (κ1) is 8.13. The van der Waals surface area contributed by atoms with Crippen LogP contribution in [0.25, 0.3) is 11.0 Å². The molecule has 2 nitrogen and oxygen atoms in total. The maximum absolute atomic E-state index is 4.26. The Morgan fingerprint density at radius 3 is 2.92 bits per heavy atom. The van der Waals surface area contributed by atoms with Crippen LogP contribution in [0.15, 0.2) is 33.5 Å². The van der Waals surface area contributed by atoms with Gasteiger partial charge in [-0.05, 0) is 50.1 Å².